The highest BCUT2D eigenvalue weighted by molar-refractivity contribution is 5.80. The molecule has 0 aliphatic heterocycles. The molecule has 4 aromatic rings. The van der Waals surface area contributed by atoms with Crippen LogP contribution >= 0.6 is 0 Å². The summed E-state index contributed by atoms with van der Waals surface area (Å²) in [6.07, 6.45) is 0. The Bertz CT molecular complexity index is 1350. The first-order valence-electron chi connectivity index (χ1n) is 10.9. The Morgan fingerprint density at radius 1 is 0.788 bits per heavy atom. The first kappa shape index (κ1) is 21.9. The van der Waals surface area contributed by atoms with Gasteiger partial charge in [0.1, 0.15) is 23.1 Å². The minimum Gasteiger partial charge on any atom is -0.494 e. The Hall–Kier alpha value is -4.30. The van der Waals surface area contributed by atoms with Crippen molar-refractivity contribution >= 4 is 0 Å². The Morgan fingerprint density at radius 3 is 2.12 bits per heavy atom. The third-order valence-electron chi connectivity index (χ3n) is 5.30. The molecule has 0 aliphatic rings. The monoisotopic (exact) mass is 436 g/mol. The molecule has 1 aromatic heterocycles. The first-order valence-corrected chi connectivity index (χ1v) is 10.9. The van der Waals surface area contributed by atoms with Crippen LogP contribution in [0.15, 0.2) is 83.7 Å². The summed E-state index contributed by atoms with van der Waals surface area (Å²) in [5, 5.41) is 9.74. The van der Waals surface area contributed by atoms with Gasteiger partial charge in [0.15, 0.2) is 0 Å². The molecule has 0 amide bonds. The summed E-state index contributed by atoms with van der Waals surface area (Å²) in [7, 11) is 0. The van der Waals surface area contributed by atoms with Crippen molar-refractivity contribution in [2.45, 2.75) is 13.8 Å². The predicted molar refractivity (Wildman–Crippen MR) is 130 cm³/mol. The zero-order chi connectivity index (χ0) is 23.2. The predicted octanol–water partition coefficient (Wildman–Crippen LogP) is 6.04. The Kier molecular flexibility index (Phi) is 6.56. The lowest BCUT2D eigenvalue weighted by molar-refractivity contribution is 0.331. The molecule has 3 aromatic carbocycles. The number of benzene rings is 3. The van der Waals surface area contributed by atoms with E-state index < -0.39 is 5.56 Å². The zero-order valence-corrected chi connectivity index (χ0v) is 18.6. The Balaban J connectivity index is 1.83. The fourth-order valence-electron chi connectivity index (χ4n) is 3.77. The Morgan fingerprint density at radius 2 is 1.45 bits per heavy atom. The van der Waals surface area contributed by atoms with Crippen molar-refractivity contribution in [3.63, 3.8) is 0 Å². The van der Waals surface area contributed by atoms with Gasteiger partial charge in [0.05, 0.1) is 13.2 Å². The molecule has 0 spiro atoms. The van der Waals surface area contributed by atoms with E-state index in [2.05, 4.69) is 23.2 Å². The lowest BCUT2D eigenvalue weighted by atomic mass is 9.97. The molecule has 5 heteroatoms. The van der Waals surface area contributed by atoms with Crippen LogP contribution < -0.4 is 15.0 Å². The molecule has 0 radical (unpaired) electrons. The minimum absolute atomic E-state index is 0.0363. The molecule has 0 atom stereocenters. The number of hydrogen-bond donors (Lipinski definition) is 1. The van der Waals surface area contributed by atoms with Crippen molar-refractivity contribution in [2.75, 3.05) is 13.2 Å². The second kappa shape index (κ2) is 9.88. The number of nitriles is 1. The smallest absolute Gasteiger partial charge is 0.266 e. The van der Waals surface area contributed by atoms with Gasteiger partial charge in [0.2, 0.25) is 0 Å². The number of hydrogen-bond acceptors (Lipinski definition) is 4. The van der Waals surface area contributed by atoms with Gasteiger partial charge < -0.3 is 14.5 Å². The van der Waals surface area contributed by atoms with E-state index in [0.717, 1.165) is 16.7 Å². The average Bonchev–Trinajstić information content (AvgIpc) is 2.85. The van der Waals surface area contributed by atoms with Gasteiger partial charge in [-0.2, -0.15) is 5.26 Å². The van der Waals surface area contributed by atoms with Gasteiger partial charge in [0, 0.05) is 16.8 Å². The van der Waals surface area contributed by atoms with Gasteiger partial charge >= 0.3 is 0 Å². The van der Waals surface area contributed by atoms with Gasteiger partial charge in [-0.3, -0.25) is 4.79 Å². The molecule has 4 rings (SSSR count). The number of pyridine rings is 1. The number of rotatable bonds is 7. The fourth-order valence-corrected chi connectivity index (χ4v) is 3.77. The topological polar surface area (TPSA) is 75.1 Å². The number of H-pyrrole nitrogens is 1. The lowest BCUT2D eigenvalue weighted by Crippen LogP contribution is -2.13. The maximum Gasteiger partial charge on any atom is 0.266 e. The van der Waals surface area contributed by atoms with Gasteiger partial charge in [-0.15, -0.1) is 0 Å². The summed E-state index contributed by atoms with van der Waals surface area (Å²) in [6, 6.07) is 27.4. The highest BCUT2D eigenvalue weighted by Crippen LogP contribution is 2.36. The zero-order valence-electron chi connectivity index (χ0n) is 18.6. The van der Waals surface area contributed by atoms with Crippen LogP contribution in [-0.4, -0.2) is 18.2 Å². The molecule has 5 nitrogen and oxygen atoms in total. The normalized spacial score (nSPS) is 10.5. The standard InChI is InChI=1S/C28H24N2O3/c1-3-32-22-14-15-27(33-4-2)24(16-22)23-17-26(30-28(31)25(23)18-29)21-12-10-20(11-13-21)19-8-6-5-7-9-19/h5-17H,3-4H2,1-2H3,(H,30,31). The van der Waals surface area contributed by atoms with Crippen LogP contribution in [0, 0.1) is 11.3 Å². The van der Waals surface area contributed by atoms with Crippen LogP contribution in [0.1, 0.15) is 19.4 Å². The highest BCUT2D eigenvalue weighted by atomic mass is 16.5. The molecule has 164 valence electrons. The summed E-state index contributed by atoms with van der Waals surface area (Å²) in [5.41, 5.74) is 4.41. The lowest BCUT2D eigenvalue weighted by Gasteiger charge is -2.15. The number of nitrogens with zero attached hydrogens (tertiary/aromatic N) is 1. The van der Waals surface area contributed by atoms with E-state index in [0.29, 0.717) is 41.5 Å². The third kappa shape index (κ3) is 4.65. The summed E-state index contributed by atoms with van der Waals surface area (Å²) >= 11 is 0. The second-order valence-electron chi connectivity index (χ2n) is 7.38. The van der Waals surface area contributed by atoms with Crippen molar-refractivity contribution in [1.29, 1.82) is 5.26 Å². The van der Waals surface area contributed by atoms with Gasteiger partial charge in [-0.1, -0.05) is 54.6 Å². The second-order valence-corrected chi connectivity index (χ2v) is 7.38. The van der Waals surface area contributed by atoms with Gasteiger partial charge in [-0.05, 0) is 54.8 Å². The van der Waals surface area contributed by atoms with E-state index in [9.17, 15) is 10.1 Å². The van der Waals surface area contributed by atoms with Crippen LogP contribution in [0.3, 0.4) is 0 Å². The van der Waals surface area contributed by atoms with E-state index in [-0.39, 0.29) is 5.56 Å². The molecular weight excluding hydrogens is 412 g/mol. The SMILES string of the molecule is CCOc1ccc(OCC)c(-c2cc(-c3ccc(-c4ccccc4)cc3)[nH]c(=O)c2C#N)c1. The highest BCUT2D eigenvalue weighted by Gasteiger charge is 2.17. The molecule has 0 bridgehead atoms. The quantitative estimate of drug-likeness (QED) is 0.383. The van der Waals surface area contributed by atoms with E-state index in [1.54, 1.807) is 6.07 Å². The van der Waals surface area contributed by atoms with Gasteiger partial charge in [-0.25, -0.2) is 0 Å². The van der Waals surface area contributed by atoms with E-state index in [1.165, 1.54) is 0 Å². The van der Waals surface area contributed by atoms with Crippen molar-refractivity contribution < 1.29 is 9.47 Å². The molecule has 0 unspecified atom stereocenters. The van der Waals surface area contributed by atoms with Crippen LogP contribution in [0.2, 0.25) is 0 Å². The number of ether oxygens (including phenoxy) is 2. The summed E-state index contributed by atoms with van der Waals surface area (Å²) in [4.78, 5) is 15.7. The fraction of sp³-hybridized carbons (Fsp3) is 0.143. The van der Waals surface area contributed by atoms with E-state index in [4.69, 9.17) is 9.47 Å². The average molecular weight is 437 g/mol. The van der Waals surface area contributed by atoms with Crippen molar-refractivity contribution in [3.8, 4) is 51.1 Å². The molecule has 1 heterocycles. The van der Waals surface area contributed by atoms with Crippen LogP contribution in [-0.2, 0) is 0 Å². The first-order chi connectivity index (χ1) is 16.1. The molecule has 0 fully saturated rings. The maximum absolute atomic E-state index is 12.9. The molecular formula is C28H24N2O3. The van der Waals surface area contributed by atoms with E-state index in [1.807, 2.05) is 74.5 Å². The number of aromatic nitrogens is 1. The molecule has 33 heavy (non-hydrogen) atoms. The van der Waals surface area contributed by atoms with E-state index >= 15 is 0 Å². The number of nitrogens with one attached hydrogen (secondary N) is 1. The summed E-state index contributed by atoms with van der Waals surface area (Å²) in [6.45, 7) is 4.76. The summed E-state index contributed by atoms with van der Waals surface area (Å²) < 4.78 is 11.4. The van der Waals surface area contributed by atoms with Crippen molar-refractivity contribution in [3.05, 3.63) is 94.8 Å². The minimum atomic E-state index is -0.443. The molecule has 0 saturated carbocycles. The maximum atomic E-state index is 12.9. The Labute approximate surface area is 192 Å². The molecule has 1 N–H and O–H groups in total. The summed E-state index contributed by atoms with van der Waals surface area (Å²) in [5.74, 6) is 1.24. The third-order valence-corrected chi connectivity index (χ3v) is 5.30. The molecule has 0 aliphatic carbocycles. The van der Waals surface area contributed by atoms with Gasteiger partial charge in [0.25, 0.3) is 5.56 Å². The largest absolute Gasteiger partial charge is 0.494 e. The number of aromatic amines is 1. The molecule has 0 saturated heterocycles. The van der Waals surface area contributed by atoms with Crippen molar-refractivity contribution in [2.24, 2.45) is 0 Å². The van der Waals surface area contributed by atoms with Crippen LogP contribution in [0.5, 0.6) is 11.5 Å². The van der Waals surface area contributed by atoms with Crippen molar-refractivity contribution in [1.82, 2.24) is 4.98 Å². The van der Waals surface area contributed by atoms with Crippen LogP contribution in [0.25, 0.3) is 33.5 Å². The van der Waals surface area contributed by atoms with Crippen LogP contribution in [0.4, 0.5) is 0 Å².